The largest absolute Gasteiger partial charge is 0.511 e. The minimum absolute atomic E-state index is 0.0103. The molecule has 150 valence electrons. The first-order valence-corrected chi connectivity index (χ1v) is 9.39. The van der Waals surface area contributed by atoms with Gasteiger partial charge in [0.15, 0.2) is 11.6 Å². The molecule has 8 heteroatoms. The SMILES string of the molecule is CC1(C)CC(=O)C(=C(O)CCc2noc3c2C(=O)CCC3)C(=NCC(=O)O)C1. The van der Waals surface area contributed by atoms with Crippen LogP contribution in [0.15, 0.2) is 20.8 Å². The smallest absolute Gasteiger partial charge is 0.325 e. The zero-order valence-corrected chi connectivity index (χ0v) is 16.1. The lowest BCUT2D eigenvalue weighted by molar-refractivity contribution is -0.135. The van der Waals surface area contributed by atoms with Crippen molar-refractivity contribution >= 4 is 23.2 Å². The van der Waals surface area contributed by atoms with Crippen LogP contribution in [0.1, 0.15) is 67.8 Å². The second kappa shape index (κ2) is 7.69. The molecule has 1 fully saturated rings. The molecule has 2 aliphatic rings. The third-order valence-corrected chi connectivity index (χ3v) is 5.06. The molecule has 0 spiro atoms. The average molecular weight is 388 g/mol. The van der Waals surface area contributed by atoms with Crippen LogP contribution in [0, 0.1) is 5.41 Å². The van der Waals surface area contributed by atoms with Crippen molar-refractivity contribution in [3.8, 4) is 0 Å². The molecule has 0 radical (unpaired) electrons. The van der Waals surface area contributed by atoms with E-state index in [1.54, 1.807) is 0 Å². The third kappa shape index (κ3) is 4.21. The molecule has 2 N–H and O–H groups in total. The van der Waals surface area contributed by atoms with Gasteiger partial charge in [-0.05, 0) is 18.3 Å². The van der Waals surface area contributed by atoms with Gasteiger partial charge in [0.05, 0.1) is 22.5 Å². The maximum Gasteiger partial charge on any atom is 0.325 e. The fourth-order valence-corrected chi connectivity index (χ4v) is 3.83. The Labute approximate surface area is 162 Å². The van der Waals surface area contributed by atoms with Crippen LogP contribution >= 0.6 is 0 Å². The Morgan fingerprint density at radius 2 is 1.93 bits per heavy atom. The minimum Gasteiger partial charge on any atom is -0.511 e. The van der Waals surface area contributed by atoms with Crippen molar-refractivity contribution in [1.29, 1.82) is 0 Å². The molecule has 28 heavy (non-hydrogen) atoms. The number of ketones is 2. The first-order valence-electron chi connectivity index (χ1n) is 9.39. The van der Waals surface area contributed by atoms with Crippen LogP contribution in [0.4, 0.5) is 0 Å². The molecule has 1 aromatic rings. The number of hydrogen-bond acceptors (Lipinski definition) is 7. The van der Waals surface area contributed by atoms with Gasteiger partial charge in [0.2, 0.25) is 0 Å². The van der Waals surface area contributed by atoms with E-state index in [2.05, 4.69) is 10.1 Å². The summed E-state index contributed by atoms with van der Waals surface area (Å²) in [6.07, 6.45) is 2.86. The number of fused-ring (bicyclic) bond motifs is 1. The second-order valence-corrected chi connectivity index (χ2v) is 8.12. The molecule has 2 aliphatic carbocycles. The number of aryl methyl sites for hydroxylation is 2. The van der Waals surface area contributed by atoms with E-state index < -0.39 is 12.5 Å². The van der Waals surface area contributed by atoms with Crippen LogP contribution in [-0.2, 0) is 22.4 Å². The number of carbonyl (C=O) groups is 3. The van der Waals surface area contributed by atoms with E-state index in [0.29, 0.717) is 42.0 Å². The van der Waals surface area contributed by atoms with E-state index >= 15 is 0 Å². The average Bonchev–Trinajstić information content (AvgIpc) is 3.01. The van der Waals surface area contributed by atoms with E-state index in [9.17, 15) is 19.5 Å². The first-order chi connectivity index (χ1) is 13.2. The van der Waals surface area contributed by atoms with E-state index in [4.69, 9.17) is 9.63 Å². The maximum absolute atomic E-state index is 12.6. The molecule has 0 amide bonds. The molecular weight excluding hydrogens is 364 g/mol. The number of aliphatic carboxylic acids is 1. The molecule has 0 unspecified atom stereocenters. The van der Waals surface area contributed by atoms with Gasteiger partial charge in [0.25, 0.3) is 0 Å². The van der Waals surface area contributed by atoms with E-state index in [-0.39, 0.29) is 47.6 Å². The van der Waals surface area contributed by atoms with Crippen molar-refractivity contribution in [2.75, 3.05) is 6.54 Å². The van der Waals surface area contributed by atoms with Gasteiger partial charge in [-0.3, -0.25) is 19.4 Å². The van der Waals surface area contributed by atoms with Gasteiger partial charge in [0.1, 0.15) is 18.1 Å². The van der Waals surface area contributed by atoms with Crippen molar-refractivity contribution < 1.29 is 29.1 Å². The van der Waals surface area contributed by atoms with Crippen LogP contribution < -0.4 is 0 Å². The second-order valence-electron chi connectivity index (χ2n) is 8.12. The first kappa shape index (κ1) is 20.0. The Kier molecular flexibility index (Phi) is 5.49. The summed E-state index contributed by atoms with van der Waals surface area (Å²) < 4.78 is 5.25. The minimum atomic E-state index is -1.10. The summed E-state index contributed by atoms with van der Waals surface area (Å²) in [6.45, 7) is 3.35. The molecular formula is C20H24N2O6. The van der Waals surface area contributed by atoms with Crippen LogP contribution in [-0.4, -0.2) is 45.2 Å². The predicted octanol–water partition coefficient (Wildman–Crippen LogP) is 2.85. The highest BCUT2D eigenvalue weighted by molar-refractivity contribution is 6.24. The maximum atomic E-state index is 12.6. The van der Waals surface area contributed by atoms with Gasteiger partial charge in [-0.15, -0.1) is 0 Å². The number of allylic oxidation sites excluding steroid dienone is 2. The van der Waals surface area contributed by atoms with Gasteiger partial charge >= 0.3 is 5.97 Å². The number of nitrogens with zero attached hydrogens (tertiary/aromatic N) is 2. The number of aliphatic hydroxyl groups is 1. The van der Waals surface area contributed by atoms with Gasteiger partial charge in [-0.25, -0.2) is 0 Å². The number of aliphatic imine (C=N–C) groups is 1. The van der Waals surface area contributed by atoms with Crippen LogP contribution in [0.5, 0.6) is 0 Å². The summed E-state index contributed by atoms with van der Waals surface area (Å²) in [7, 11) is 0. The van der Waals surface area contributed by atoms with Crippen molar-refractivity contribution in [1.82, 2.24) is 5.16 Å². The number of Topliss-reactive ketones (excluding diaryl/α,β-unsaturated/α-hetero) is 2. The Bertz CT molecular complexity index is 891. The van der Waals surface area contributed by atoms with Gasteiger partial charge < -0.3 is 14.7 Å². The molecule has 1 saturated carbocycles. The number of carboxylic acid groups (broad SMARTS) is 1. The lowest BCUT2D eigenvalue weighted by Gasteiger charge is -2.31. The number of carboxylic acids is 1. The normalized spacial score (nSPS) is 22.3. The zero-order valence-electron chi connectivity index (χ0n) is 16.1. The van der Waals surface area contributed by atoms with Crippen molar-refractivity contribution in [2.45, 2.75) is 58.8 Å². The lowest BCUT2D eigenvalue weighted by atomic mass is 9.73. The molecule has 3 rings (SSSR count). The van der Waals surface area contributed by atoms with Gasteiger partial charge in [-0.1, -0.05) is 19.0 Å². The number of aliphatic hydroxyl groups excluding tert-OH is 1. The Balaban J connectivity index is 1.85. The highest BCUT2D eigenvalue weighted by Crippen LogP contribution is 2.36. The van der Waals surface area contributed by atoms with E-state index in [1.165, 1.54) is 0 Å². The standard InChI is InChI=1S/C20H24N2O6/c1-20(2)8-12(21-10-17(26)27)18(15(25)9-20)14(24)7-6-11-19-13(23)4-3-5-16(19)28-22-11/h24H,3-10H2,1-2H3,(H,26,27). The molecule has 0 bridgehead atoms. The highest BCUT2D eigenvalue weighted by Gasteiger charge is 2.36. The van der Waals surface area contributed by atoms with Crippen LogP contribution in [0.2, 0.25) is 0 Å². The molecule has 0 atom stereocenters. The van der Waals surface area contributed by atoms with Crippen LogP contribution in [0.25, 0.3) is 0 Å². The van der Waals surface area contributed by atoms with E-state index in [1.807, 2.05) is 13.8 Å². The summed E-state index contributed by atoms with van der Waals surface area (Å²) >= 11 is 0. The van der Waals surface area contributed by atoms with Crippen LogP contribution in [0.3, 0.4) is 0 Å². The highest BCUT2D eigenvalue weighted by atomic mass is 16.5. The quantitative estimate of drug-likeness (QED) is 0.586. The van der Waals surface area contributed by atoms with Crippen molar-refractivity contribution in [3.63, 3.8) is 0 Å². The Morgan fingerprint density at radius 1 is 1.18 bits per heavy atom. The summed E-state index contributed by atoms with van der Waals surface area (Å²) in [5, 5.41) is 23.5. The predicted molar refractivity (Wildman–Crippen MR) is 99.7 cm³/mol. The summed E-state index contributed by atoms with van der Waals surface area (Å²) in [5.41, 5.74) is 1.05. The number of rotatable bonds is 5. The fourth-order valence-electron chi connectivity index (χ4n) is 3.83. The van der Waals surface area contributed by atoms with Crippen molar-refractivity contribution in [2.24, 2.45) is 10.4 Å². The topological polar surface area (TPSA) is 130 Å². The molecule has 8 nitrogen and oxygen atoms in total. The summed E-state index contributed by atoms with van der Waals surface area (Å²) in [6, 6.07) is 0. The number of carbonyl (C=O) groups excluding carboxylic acids is 2. The van der Waals surface area contributed by atoms with Gasteiger partial charge in [-0.2, -0.15) is 0 Å². The lowest BCUT2D eigenvalue weighted by Crippen LogP contribution is -2.33. The Hall–Kier alpha value is -2.77. The summed E-state index contributed by atoms with van der Waals surface area (Å²) in [5.74, 6) is -0.933. The molecule has 0 saturated heterocycles. The fraction of sp³-hybridized carbons (Fsp3) is 0.550. The molecule has 0 aromatic carbocycles. The monoisotopic (exact) mass is 388 g/mol. The number of aromatic nitrogens is 1. The van der Waals surface area contributed by atoms with Crippen molar-refractivity contribution in [3.05, 3.63) is 28.3 Å². The molecule has 1 aromatic heterocycles. The van der Waals surface area contributed by atoms with Gasteiger partial charge in [0, 0.05) is 32.1 Å². The molecule has 1 heterocycles. The molecule has 0 aliphatic heterocycles. The Morgan fingerprint density at radius 3 is 2.64 bits per heavy atom. The third-order valence-electron chi connectivity index (χ3n) is 5.06. The zero-order chi connectivity index (χ0) is 20.5. The van der Waals surface area contributed by atoms with E-state index in [0.717, 1.165) is 6.42 Å². The summed E-state index contributed by atoms with van der Waals surface area (Å²) in [4.78, 5) is 39.7. The number of hydrogen-bond donors (Lipinski definition) is 2.